The molecule has 2 aromatic rings. The lowest BCUT2D eigenvalue weighted by Crippen LogP contribution is -2.47. The van der Waals surface area contributed by atoms with Crippen molar-refractivity contribution in [2.24, 2.45) is 11.7 Å². The molecule has 1 heterocycles. The van der Waals surface area contributed by atoms with Crippen LogP contribution >= 0.6 is 0 Å². The smallest absolute Gasteiger partial charge is 0.257 e. The maximum Gasteiger partial charge on any atom is 0.257 e. The summed E-state index contributed by atoms with van der Waals surface area (Å²) in [5.41, 5.74) is 7.66. The van der Waals surface area contributed by atoms with E-state index in [0.29, 0.717) is 24.7 Å². The Bertz CT molecular complexity index is 755. The van der Waals surface area contributed by atoms with Crippen LogP contribution in [0.25, 0.3) is 11.5 Å². The van der Waals surface area contributed by atoms with Gasteiger partial charge in [0.25, 0.3) is 5.89 Å². The van der Waals surface area contributed by atoms with Gasteiger partial charge in [-0.15, -0.1) is 0 Å². The van der Waals surface area contributed by atoms with Gasteiger partial charge in [-0.05, 0) is 30.0 Å². The molecule has 2 amide bonds. The normalized spacial score (nSPS) is 12.0. The highest BCUT2D eigenvalue weighted by atomic mass is 16.5. The molecule has 0 aliphatic heterocycles. The first-order chi connectivity index (χ1) is 12.9. The van der Waals surface area contributed by atoms with Crippen molar-refractivity contribution >= 4 is 11.8 Å². The summed E-state index contributed by atoms with van der Waals surface area (Å²) in [6, 6.07) is 7.14. The number of nitrogens with one attached hydrogen (secondary N) is 2. The maximum atomic E-state index is 11.8. The summed E-state index contributed by atoms with van der Waals surface area (Å²) in [5.74, 6) is 0.647. The number of nitrogens with zero attached hydrogens (tertiary/aromatic N) is 2. The van der Waals surface area contributed by atoms with Gasteiger partial charge in [0.1, 0.15) is 0 Å². The molecule has 8 nitrogen and oxygen atoms in total. The number of benzene rings is 1. The molecule has 0 saturated carbocycles. The lowest BCUT2D eigenvalue weighted by Gasteiger charge is -2.15. The van der Waals surface area contributed by atoms with E-state index in [4.69, 9.17) is 10.3 Å². The van der Waals surface area contributed by atoms with Gasteiger partial charge >= 0.3 is 0 Å². The quantitative estimate of drug-likeness (QED) is 0.604. The average Bonchev–Trinajstić information content (AvgIpc) is 3.15. The molecule has 146 valence electrons. The number of carbonyl (C=O) groups is 2. The molecule has 0 spiro atoms. The molecule has 4 N–H and O–H groups in total. The van der Waals surface area contributed by atoms with Crippen LogP contribution in [0.2, 0.25) is 0 Å². The number of amides is 2. The van der Waals surface area contributed by atoms with Crippen LogP contribution in [-0.4, -0.2) is 41.1 Å². The fraction of sp³-hybridized carbons (Fsp3) is 0.474. The van der Waals surface area contributed by atoms with Crippen LogP contribution in [0.4, 0.5) is 0 Å². The van der Waals surface area contributed by atoms with E-state index in [1.54, 1.807) is 0 Å². The van der Waals surface area contributed by atoms with Crippen molar-refractivity contribution < 1.29 is 14.1 Å². The number of nitrogens with two attached hydrogens (primary N) is 1. The molecule has 0 fully saturated rings. The van der Waals surface area contributed by atoms with E-state index in [1.165, 1.54) is 0 Å². The Morgan fingerprint density at radius 2 is 1.89 bits per heavy atom. The molecular weight excluding hydrogens is 346 g/mol. The predicted molar refractivity (Wildman–Crippen MR) is 102 cm³/mol. The number of hydrogen-bond donors (Lipinski definition) is 3. The molecule has 0 saturated heterocycles. The highest BCUT2D eigenvalue weighted by Crippen LogP contribution is 2.18. The SMILES string of the molecule is CCc1noc(-c2ccc(CCNC(=O)CNC(=O)[C@@H](N)C(C)C)cc2)n1. The zero-order valence-electron chi connectivity index (χ0n) is 16.0. The number of carbonyl (C=O) groups excluding carboxylic acids is 2. The van der Waals surface area contributed by atoms with Crippen LogP contribution in [0, 0.1) is 5.92 Å². The van der Waals surface area contributed by atoms with Gasteiger partial charge in [-0.3, -0.25) is 9.59 Å². The third kappa shape index (κ3) is 6.18. The summed E-state index contributed by atoms with van der Waals surface area (Å²) >= 11 is 0. The minimum absolute atomic E-state index is 0.0248. The van der Waals surface area contributed by atoms with Gasteiger partial charge in [0.05, 0.1) is 12.6 Å². The molecule has 0 aliphatic carbocycles. The van der Waals surface area contributed by atoms with Crippen LogP contribution in [0.15, 0.2) is 28.8 Å². The van der Waals surface area contributed by atoms with Crippen molar-refractivity contribution in [1.29, 1.82) is 0 Å². The first-order valence-electron chi connectivity index (χ1n) is 9.12. The van der Waals surface area contributed by atoms with Gasteiger partial charge in [-0.25, -0.2) is 0 Å². The van der Waals surface area contributed by atoms with Crippen LogP contribution < -0.4 is 16.4 Å². The minimum atomic E-state index is -0.608. The minimum Gasteiger partial charge on any atom is -0.354 e. The fourth-order valence-corrected chi connectivity index (χ4v) is 2.33. The van der Waals surface area contributed by atoms with Gasteiger partial charge in [-0.2, -0.15) is 4.98 Å². The molecule has 2 rings (SSSR count). The largest absolute Gasteiger partial charge is 0.354 e. The third-order valence-electron chi connectivity index (χ3n) is 4.17. The van der Waals surface area contributed by atoms with Crippen molar-refractivity contribution in [2.45, 2.75) is 39.7 Å². The topological polar surface area (TPSA) is 123 Å². The Balaban J connectivity index is 1.73. The second kappa shape index (κ2) is 9.82. The van der Waals surface area contributed by atoms with Crippen molar-refractivity contribution in [1.82, 2.24) is 20.8 Å². The van der Waals surface area contributed by atoms with E-state index in [2.05, 4.69) is 20.8 Å². The summed E-state index contributed by atoms with van der Waals surface area (Å²) in [4.78, 5) is 27.8. The highest BCUT2D eigenvalue weighted by Gasteiger charge is 2.17. The van der Waals surface area contributed by atoms with Crippen molar-refractivity contribution in [2.75, 3.05) is 13.1 Å². The number of rotatable bonds is 9. The van der Waals surface area contributed by atoms with Gasteiger partial charge in [0, 0.05) is 18.5 Å². The monoisotopic (exact) mass is 373 g/mol. The number of hydrogen-bond acceptors (Lipinski definition) is 6. The Morgan fingerprint density at radius 3 is 2.48 bits per heavy atom. The molecule has 0 bridgehead atoms. The fourth-order valence-electron chi connectivity index (χ4n) is 2.33. The molecule has 27 heavy (non-hydrogen) atoms. The van der Waals surface area contributed by atoms with E-state index in [0.717, 1.165) is 17.5 Å². The van der Waals surface area contributed by atoms with Crippen LogP contribution in [-0.2, 0) is 22.4 Å². The molecular formula is C19H27N5O3. The zero-order chi connectivity index (χ0) is 19.8. The van der Waals surface area contributed by atoms with E-state index >= 15 is 0 Å². The molecule has 1 aromatic carbocycles. The van der Waals surface area contributed by atoms with Gasteiger partial charge < -0.3 is 20.9 Å². The van der Waals surface area contributed by atoms with Gasteiger partial charge in [0.15, 0.2) is 5.82 Å². The summed E-state index contributed by atoms with van der Waals surface area (Å²) in [5, 5.41) is 9.20. The maximum absolute atomic E-state index is 11.8. The third-order valence-corrected chi connectivity index (χ3v) is 4.17. The summed E-state index contributed by atoms with van der Waals surface area (Å²) in [6.45, 7) is 6.09. The van der Waals surface area contributed by atoms with Gasteiger partial charge in [-0.1, -0.05) is 38.1 Å². The van der Waals surface area contributed by atoms with E-state index in [1.807, 2.05) is 45.0 Å². The number of aromatic nitrogens is 2. The van der Waals surface area contributed by atoms with E-state index < -0.39 is 6.04 Å². The Labute approximate surface area is 158 Å². The van der Waals surface area contributed by atoms with Crippen molar-refractivity contribution in [3.8, 4) is 11.5 Å². The molecule has 8 heteroatoms. The summed E-state index contributed by atoms with van der Waals surface area (Å²) in [7, 11) is 0. The lowest BCUT2D eigenvalue weighted by atomic mass is 10.1. The zero-order valence-corrected chi connectivity index (χ0v) is 16.0. The molecule has 1 aromatic heterocycles. The van der Waals surface area contributed by atoms with Crippen LogP contribution in [0.5, 0.6) is 0 Å². The average molecular weight is 373 g/mol. The Hall–Kier alpha value is -2.74. The van der Waals surface area contributed by atoms with Crippen LogP contribution in [0.3, 0.4) is 0 Å². The second-order valence-corrected chi connectivity index (χ2v) is 6.65. The molecule has 0 aliphatic rings. The van der Waals surface area contributed by atoms with E-state index in [9.17, 15) is 9.59 Å². The lowest BCUT2D eigenvalue weighted by molar-refractivity contribution is -0.127. The standard InChI is InChI=1S/C19H27N5O3/c1-4-15-23-19(27-24-15)14-7-5-13(6-8-14)9-10-21-16(25)11-22-18(26)17(20)12(2)3/h5-8,12,17H,4,9-11,20H2,1-3H3,(H,21,25)(H,22,26)/t17-/m0/s1. The van der Waals surface area contributed by atoms with Crippen LogP contribution in [0.1, 0.15) is 32.2 Å². The first-order valence-corrected chi connectivity index (χ1v) is 9.12. The molecule has 0 radical (unpaired) electrons. The molecule has 1 atom stereocenters. The predicted octanol–water partition coefficient (Wildman–Crippen LogP) is 1.06. The van der Waals surface area contributed by atoms with Gasteiger partial charge in [0.2, 0.25) is 11.8 Å². The summed E-state index contributed by atoms with van der Waals surface area (Å²) in [6.07, 6.45) is 1.40. The Morgan fingerprint density at radius 1 is 1.19 bits per heavy atom. The second-order valence-electron chi connectivity index (χ2n) is 6.65. The van der Waals surface area contributed by atoms with Crippen molar-refractivity contribution in [3.05, 3.63) is 35.7 Å². The van der Waals surface area contributed by atoms with E-state index in [-0.39, 0.29) is 24.3 Å². The summed E-state index contributed by atoms with van der Waals surface area (Å²) < 4.78 is 5.21. The number of aryl methyl sites for hydroxylation is 1. The molecule has 0 unspecified atom stereocenters. The Kier molecular flexibility index (Phi) is 7.48. The van der Waals surface area contributed by atoms with Crippen molar-refractivity contribution in [3.63, 3.8) is 0 Å². The first kappa shape index (κ1) is 20.6. The highest BCUT2D eigenvalue weighted by molar-refractivity contribution is 5.87.